The summed E-state index contributed by atoms with van der Waals surface area (Å²) < 4.78 is 5.62. The average Bonchev–Trinajstić information content (AvgIpc) is 3.04. The van der Waals surface area contributed by atoms with Crippen molar-refractivity contribution in [3.05, 3.63) is 34.9 Å². The average molecular weight is 306 g/mol. The number of aliphatic hydroxyl groups is 1. The second kappa shape index (κ2) is 9.32. The van der Waals surface area contributed by atoms with Crippen LogP contribution in [-0.2, 0) is 4.74 Å². The van der Waals surface area contributed by atoms with Crippen LogP contribution in [0.25, 0.3) is 0 Å². The van der Waals surface area contributed by atoms with Gasteiger partial charge in [-0.2, -0.15) is 0 Å². The molecule has 0 aromatic carbocycles. The fraction of sp³-hybridized carbons (Fsp3) is 0.700. The monoisotopic (exact) mass is 306 g/mol. The van der Waals surface area contributed by atoms with Crippen LogP contribution in [0.1, 0.15) is 73.1 Å². The third-order valence-corrected chi connectivity index (χ3v) is 4.47. The molecule has 1 unspecified atom stereocenters. The van der Waals surface area contributed by atoms with E-state index < -0.39 is 0 Å². The Bertz CT molecular complexity index is 427. The fourth-order valence-corrected chi connectivity index (χ4v) is 2.65. The van der Waals surface area contributed by atoms with E-state index in [9.17, 15) is 0 Å². The molecule has 1 rings (SSSR count). The van der Waals surface area contributed by atoms with Crippen molar-refractivity contribution < 1.29 is 9.84 Å². The standard InChI is InChI=1S/C20H34O2/c1-16(9-7-11-18(3)14-15-21)8-6-10-17(2)12-13-19-20(4,5)22-19/h9-10,14,19,21H,6-8,11-13,15H2,1-5H3/b16-9+,17-10+,18-14+. The number of aliphatic hydroxyl groups excluding tert-OH is 1. The van der Waals surface area contributed by atoms with E-state index in [4.69, 9.17) is 9.84 Å². The van der Waals surface area contributed by atoms with Gasteiger partial charge in [-0.25, -0.2) is 0 Å². The van der Waals surface area contributed by atoms with Crippen LogP contribution < -0.4 is 0 Å². The SMILES string of the molecule is C/C(=C\CO)CC/C=C(\C)CC/C=C(\C)CCC1OC1(C)C. The van der Waals surface area contributed by atoms with Crippen molar-refractivity contribution in [1.82, 2.24) is 0 Å². The first-order chi connectivity index (χ1) is 10.3. The summed E-state index contributed by atoms with van der Waals surface area (Å²) in [6.07, 6.45) is 13.8. The molecular weight excluding hydrogens is 272 g/mol. The molecule has 0 bridgehead atoms. The molecule has 1 aliphatic rings. The zero-order valence-corrected chi connectivity index (χ0v) is 15.1. The van der Waals surface area contributed by atoms with Crippen LogP contribution in [-0.4, -0.2) is 23.4 Å². The van der Waals surface area contributed by atoms with E-state index in [0.717, 1.165) is 38.5 Å². The van der Waals surface area contributed by atoms with Crippen LogP contribution in [0.15, 0.2) is 34.9 Å². The van der Waals surface area contributed by atoms with Crippen LogP contribution in [0, 0.1) is 0 Å². The summed E-state index contributed by atoms with van der Waals surface area (Å²) in [6, 6.07) is 0. The first kappa shape index (κ1) is 19.2. The van der Waals surface area contributed by atoms with Crippen molar-refractivity contribution in [1.29, 1.82) is 0 Å². The van der Waals surface area contributed by atoms with Gasteiger partial charge in [0.25, 0.3) is 0 Å². The Kier molecular flexibility index (Phi) is 8.13. The van der Waals surface area contributed by atoms with Crippen LogP contribution in [0.4, 0.5) is 0 Å². The summed E-state index contributed by atoms with van der Waals surface area (Å²) in [6.45, 7) is 11.0. The van der Waals surface area contributed by atoms with E-state index in [-0.39, 0.29) is 12.2 Å². The molecule has 1 atom stereocenters. The summed E-state index contributed by atoms with van der Waals surface area (Å²) in [5.74, 6) is 0. The number of hydrogen-bond donors (Lipinski definition) is 1. The normalized spacial score (nSPS) is 22.1. The highest BCUT2D eigenvalue weighted by molar-refractivity contribution is 5.07. The summed E-state index contributed by atoms with van der Waals surface area (Å²) >= 11 is 0. The van der Waals surface area contributed by atoms with Gasteiger partial charge in [-0.05, 0) is 73.1 Å². The Morgan fingerprint density at radius 1 is 0.909 bits per heavy atom. The lowest BCUT2D eigenvalue weighted by molar-refractivity contribution is 0.320. The number of rotatable bonds is 10. The summed E-state index contributed by atoms with van der Waals surface area (Å²) in [4.78, 5) is 0. The van der Waals surface area contributed by atoms with Gasteiger partial charge in [0.2, 0.25) is 0 Å². The zero-order valence-electron chi connectivity index (χ0n) is 15.1. The molecule has 126 valence electrons. The minimum atomic E-state index is 0.127. The maximum atomic E-state index is 8.82. The second-order valence-corrected chi connectivity index (χ2v) is 7.16. The van der Waals surface area contributed by atoms with Gasteiger partial charge in [-0.1, -0.05) is 34.9 Å². The third-order valence-electron chi connectivity index (χ3n) is 4.47. The van der Waals surface area contributed by atoms with Gasteiger partial charge < -0.3 is 9.84 Å². The fourth-order valence-electron chi connectivity index (χ4n) is 2.65. The Labute approximate surface area is 137 Å². The molecule has 22 heavy (non-hydrogen) atoms. The molecule has 0 radical (unpaired) electrons. The van der Waals surface area contributed by atoms with Crippen LogP contribution >= 0.6 is 0 Å². The third kappa shape index (κ3) is 7.95. The van der Waals surface area contributed by atoms with E-state index in [1.165, 1.54) is 16.7 Å². The number of allylic oxidation sites excluding steroid dienone is 5. The predicted octanol–water partition coefficient (Wildman–Crippen LogP) is 5.34. The zero-order chi connectivity index (χ0) is 16.6. The largest absolute Gasteiger partial charge is 0.392 e. The number of hydrogen-bond acceptors (Lipinski definition) is 2. The smallest absolute Gasteiger partial charge is 0.0892 e. The Balaban J connectivity index is 2.16. The topological polar surface area (TPSA) is 32.8 Å². The summed E-state index contributed by atoms with van der Waals surface area (Å²) in [7, 11) is 0. The molecule has 0 spiro atoms. The van der Waals surface area contributed by atoms with Gasteiger partial charge in [0.05, 0.1) is 18.3 Å². The van der Waals surface area contributed by atoms with Crippen molar-refractivity contribution >= 4 is 0 Å². The van der Waals surface area contributed by atoms with Gasteiger partial charge in [-0.15, -0.1) is 0 Å². The van der Waals surface area contributed by atoms with Crippen molar-refractivity contribution in [2.24, 2.45) is 0 Å². The van der Waals surface area contributed by atoms with Gasteiger partial charge in [0, 0.05) is 0 Å². The minimum absolute atomic E-state index is 0.127. The first-order valence-corrected chi connectivity index (χ1v) is 8.60. The highest BCUT2D eigenvalue weighted by Crippen LogP contribution is 2.38. The highest BCUT2D eigenvalue weighted by atomic mass is 16.6. The van der Waals surface area contributed by atoms with E-state index >= 15 is 0 Å². The van der Waals surface area contributed by atoms with Crippen LogP contribution in [0.5, 0.6) is 0 Å². The molecule has 1 fully saturated rings. The van der Waals surface area contributed by atoms with Gasteiger partial charge in [0.1, 0.15) is 0 Å². The van der Waals surface area contributed by atoms with Gasteiger partial charge in [0.15, 0.2) is 0 Å². The van der Waals surface area contributed by atoms with E-state index in [2.05, 4.69) is 46.8 Å². The molecule has 0 aromatic rings. The Morgan fingerprint density at radius 3 is 1.82 bits per heavy atom. The van der Waals surface area contributed by atoms with Crippen LogP contribution in [0.2, 0.25) is 0 Å². The molecule has 0 aromatic heterocycles. The van der Waals surface area contributed by atoms with Crippen molar-refractivity contribution in [2.45, 2.75) is 84.8 Å². The van der Waals surface area contributed by atoms with E-state index in [0.29, 0.717) is 6.10 Å². The Morgan fingerprint density at radius 2 is 1.36 bits per heavy atom. The molecule has 0 saturated carbocycles. The molecule has 0 amide bonds. The van der Waals surface area contributed by atoms with Crippen molar-refractivity contribution in [3.8, 4) is 0 Å². The predicted molar refractivity (Wildman–Crippen MR) is 95.0 cm³/mol. The maximum absolute atomic E-state index is 8.82. The highest BCUT2D eigenvalue weighted by Gasteiger charge is 2.46. The van der Waals surface area contributed by atoms with Gasteiger partial charge in [-0.3, -0.25) is 0 Å². The number of epoxide rings is 1. The van der Waals surface area contributed by atoms with Crippen molar-refractivity contribution in [3.63, 3.8) is 0 Å². The first-order valence-electron chi connectivity index (χ1n) is 8.60. The molecule has 2 nitrogen and oxygen atoms in total. The van der Waals surface area contributed by atoms with E-state index in [1.807, 2.05) is 6.08 Å². The van der Waals surface area contributed by atoms with Crippen molar-refractivity contribution in [2.75, 3.05) is 6.61 Å². The molecule has 1 heterocycles. The molecule has 0 aliphatic carbocycles. The number of ether oxygens (including phenoxy) is 1. The minimum Gasteiger partial charge on any atom is -0.392 e. The second-order valence-electron chi connectivity index (χ2n) is 7.16. The lowest BCUT2D eigenvalue weighted by Gasteiger charge is -2.03. The quantitative estimate of drug-likeness (QED) is 0.437. The molecule has 2 heteroatoms. The lowest BCUT2D eigenvalue weighted by Crippen LogP contribution is -2.02. The molecular formula is C20H34O2. The van der Waals surface area contributed by atoms with Gasteiger partial charge >= 0.3 is 0 Å². The summed E-state index contributed by atoms with van der Waals surface area (Å²) in [5.41, 5.74) is 4.35. The molecule has 1 N–H and O–H groups in total. The molecule has 1 saturated heterocycles. The van der Waals surface area contributed by atoms with Crippen LogP contribution in [0.3, 0.4) is 0 Å². The van der Waals surface area contributed by atoms with E-state index in [1.54, 1.807) is 0 Å². The summed E-state index contributed by atoms with van der Waals surface area (Å²) in [5, 5.41) is 8.82. The molecule has 1 aliphatic heterocycles. The lowest BCUT2D eigenvalue weighted by atomic mass is 10.0. The Hall–Kier alpha value is -0.860. The maximum Gasteiger partial charge on any atom is 0.0892 e.